The first-order chi connectivity index (χ1) is 13.0. The Balaban J connectivity index is 1.66. The second-order valence-electron chi connectivity index (χ2n) is 6.22. The fourth-order valence-electron chi connectivity index (χ4n) is 2.99. The van der Waals surface area contributed by atoms with Crippen LogP contribution in [0.3, 0.4) is 0 Å². The molecule has 2 heterocycles. The summed E-state index contributed by atoms with van der Waals surface area (Å²) >= 11 is 2.94. The lowest BCUT2D eigenvalue weighted by molar-refractivity contribution is -0.129. The number of anilines is 1. The quantitative estimate of drug-likeness (QED) is 0.726. The van der Waals surface area contributed by atoms with E-state index >= 15 is 0 Å². The molecule has 1 aliphatic rings. The van der Waals surface area contributed by atoms with Crippen LogP contribution < -0.4 is 11.1 Å². The topological polar surface area (TPSA) is 92.5 Å². The van der Waals surface area contributed by atoms with Crippen LogP contribution in [0, 0.1) is 0 Å². The van der Waals surface area contributed by atoms with E-state index < -0.39 is 5.91 Å². The first-order valence-electron chi connectivity index (χ1n) is 8.63. The maximum absolute atomic E-state index is 12.3. The Hall–Kier alpha value is -2.32. The second kappa shape index (κ2) is 8.58. The molecule has 27 heavy (non-hydrogen) atoms. The Morgan fingerprint density at radius 1 is 1.26 bits per heavy atom. The van der Waals surface area contributed by atoms with Crippen LogP contribution in [-0.2, 0) is 22.6 Å². The molecule has 142 valence electrons. The van der Waals surface area contributed by atoms with Crippen LogP contribution in [0.5, 0.6) is 0 Å². The van der Waals surface area contributed by atoms with Gasteiger partial charge in [-0.1, -0.05) is 18.2 Å². The van der Waals surface area contributed by atoms with Crippen molar-refractivity contribution in [2.75, 3.05) is 17.6 Å². The minimum atomic E-state index is -0.544. The van der Waals surface area contributed by atoms with Gasteiger partial charge in [-0.25, -0.2) is 0 Å². The van der Waals surface area contributed by atoms with Gasteiger partial charge in [0.1, 0.15) is 5.00 Å². The number of nitrogens with two attached hydrogens (primary N) is 1. The van der Waals surface area contributed by atoms with E-state index in [1.807, 2.05) is 30.3 Å². The maximum atomic E-state index is 12.3. The maximum Gasteiger partial charge on any atom is 0.251 e. The number of fused-ring (bicyclic) bond motifs is 1. The monoisotopic (exact) mass is 403 g/mol. The summed E-state index contributed by atoms with van der Waals surface area (Å²) in [6, 6.07) is 9.88. The highest BCUT2D eigenvalue weighted by Gasteiger charge is 2.28. The van der Waals surface area contributed by atoms with Crippen molar-refractivity contribution in [1.82, 2.24) is 4.90 Å². The molecular weight excluding hydrogens is 382 g/mol. The van der Waals surface area contributed by atoms with Gasteiger partial charge in [0.05, 0.1) is 12.1 Å². The van der Waals surface area contributed by atoms with Crippen LogP contribution in [-0.4, -0.2) is 34.9 Å². The van der Waals surface area contributed by atoms with Crippen molar-refractivity contribution in [3.8, 4) is 0 Å². The van der Waals surface area contributed by atoms with Gasteiger partial charge < -0.3 is 16.0 Å². The van der Waals surface area contributed by atoms with E-state index in [-0.39, 0.29) is 11.8 Å². The molecule has 3 rings (SSSR count). The second-order valence-corrected chi connectivity index (χ2v) is 8.50. The molecule has 2 aromatic rings. The van der Waals surface area contributed by atoms with Gasteiger partial charge in [-0.15, -0.1) is 23.1 Å². The highest BCUT2D eigenvalue weighted by molar-refractivity contribution is 7.99. The van der Waals surface area contributed by atoms with Crippen molar-refractivity contribution in [1.29, 1.82) is 0 Å². The molecule has 0 unspecified atom stereocenters. The third-order valence-corrected chi connectivity index (χ3v) is 6.49. The van der Waals surface area contributed by atoms with E-state index in [1.165, 1.54) is 18.3 Å². The molecule has 0 spiro atoms. The summed E-state index contributed by atoms with van der Waals surface area (Å²) in [4.78, 5) is 39.6. The van der Waals surface area contributed by atoms with Crippen molar-refractivity contribution in [3.05, 3.63) is 46.3 Å². The highest BCUT2D eigenvalue weighted by atomic mass is 32.2. The summed E-state index contributed by atoms with van der Waals surface area (Å²) in [6.07, 6.45) is 0.906. The molecule has 1 aromatic heterocycles. The number of carbonyl (C=O) groups excluding carboxylic acids is 3. The molecule has 0 atom stereocenters. The first kappa shape index (κ1) is 19.4. The summed E-state index contributed by atoms with van der Waals surface area (Å²) in [5.41, 5.74) is 6.81. The third kappa shape index (κ3) is 4.70. The Labute approximate surface area is 166 Å². The number of thiophene rings is 1. The number of thioether (sulfide) groups is 1. The number of benzene rings is 1. The van der Waals surface area contributed by atoms with E-state index in [0.29, 0.717) is 42.2 Å². The van der Waals surface area contributed by atoms with Crippen molar-refractivity contribution >= 4 is 45.8 Å². The SMILES string of the molecule is CC(=O)N1CCc2c(sc(NC(=O)CCSc3ccccc3)c2C(N)=O)C1. The molecule has 0 bridgehead atoms. The van der Waals surface area contributed by atoms with E-state index in [1.54, 1.807) is 16.7 Å². The van der Waals surface area contributed by atoms with E-state index in [2.05, 4.69) is 5.32 Å². The van der Waals surface area contributed by atoms with E-state index in [4.69, 9.17) is 5.73 Å². The molecule has 3 N–H and O–H groups in total. The molecule has 0 aliphatic carbocycles. The number of nitrogens with zero attached hydrogens (tertiary/aromatic N) is 1. The average molecular weight is 404 g/mol. The van der Waals surface area contributed by atoms with Crippen LogP contribution in [0.1, 0.15) is 34.1 Å². The summed E-state index contributed by atoms with van der Waals surface area (Å²) in [6.45, 7) is 2.54. The number of nitrogens with one attached hydrogen (secondary N) is 1. The average Bonchev–Trinajstić information content (AvgIpc) is 2.99. The van der Waals surface area contributed by atoms with Crippen molar-refractivity contribution < 1.29 is 14.4 Å². The van der Waals surface area contributed by atoms with Gasteiger partial charge in [0, 0.05) is 35.4 Å². The minimum absolute atomic E-state index is 0.00167. The molecule has 0 saturated carbocycles. The standard InChI is InChI=1S/C19H21N3O3S2/c1-12(23)22-9-7-14-15(11-22)27-19(17(14)18(20)25)21-16(24)8-10-26-13-5-3-2-4-6-13/h2-6H,7-11H2,1H3,(H2,20,25)(H,21,24). The molecule has 1 aromatic carbocycles. The summed E-state index contributed by atoms with van der Waals surface area (Å²) in [5.74, 6) is -0.0517. The largest absolute Gasteiger partial charge is 0.365 e. The van der Waals surface area contributed by atoms with Gasteiger partial charge in [-0.2, -0.15) is 0 Å². The number of amides is 3. The molecular formula is C19H21N3O3S2. The van der Waals surface area contributed by atoms with Gasteiger partial charge in [0.25, 0.3) is 5.91 Å². The van der Waals surface area contributed by atoms with E-state index in [0.717, 1.165) is 15.3 Å². The predicted octanol–water partition coefficient (Wildman–Crippen LogP) is 2.87. The van der Waals surface area contributed by atoms with Gasteiger partial charge in [-0.3, -0.25) is 14.4 Å². The smallest absolute Gasteiger partial charge is 0.251 e. The van der Waals surface area contributed by atoms with Crippen molar-refractivity contribution in [2.24, 2.45) is 5.73 Å². The number of primary amides is 1. The molecule has 8 heteroatoms. The Morgan fingerprint density at radius 3 is 2.67 bits per heavy atom. The fraction of sp³-hybridized carbons (Fsp3) is 0.316. The van der Waals surface area contributed by atoms with Gasteiger partial charge in [0.2, 0.25) is 11.8 Å². The fourth-order valence-corrected chi connectivity index (χ4v) is 5.15. The van der Waals surface area contributed by atoms with Gasteiger partial charge in [-0.05, 0) is 24.1 Å². The number of hydrogen-bond acceptors (Lipinski definition) is 5. The molecule has 0 saturated heterocycles. The lowest BCUT2D eigenvalue weighted by Gasteiger charge is -2.25. The van der Waals surface area contributed by atoms with Crippen LogP contribution in [0.25, 0.3) is 0 Å². The number of carbonyl (C=O) groups is 3. The summed E-state index contributed by atoms with van der Waals surface area (Å²) in [7, 11) is 0. The molecule has 0 radical (unpaired) electrons. The van der Waals surface area contributed by atoms with Crippen LogP contribution in [0.15, 0.2) is 35.2 Å². The minimum Gasteiger partial charge on any atom is -0.365 e. The Kier molecular flexibility index (Phi) is 6.18. The molecule has 0 fully saturated rings. The van der Waals surface area contributed by atoms with Crippen LogP contribution >= 0.6 is 23.1 Å². The van der Waals surface area contributed by atoms with Crippen molar-refractivity contribution in [2.45, 2.75) is 31.2 Å². The van der Waals surface area contributed by atoms with Gasteiger partial charge in [0.15, 0.2) is 0 Å². The highest BCUT2D eigenvalue weighted by Crippen LogP contribution is 2.37. The molecule has 1 aliphatic heterocycles. The van der Waals surface area contributed by atoms with Crippen LogP contribution in [0.2, 0.25) is 0 Å². The zero-order chi connectivity index (χ0) is 19.4. The summed E-state index contributed by atoms with van der Waals surface area (Å²) < 4.78 is 0. The Morgan fingerprint density at radius 2 is 2.00 bits per heavy atom. The molecule has 6 nitrogen and oxygen atoms in total. The van der Waals surface area contributed by atoms with E-state index in [9.17, 15) is 14.4 Å². The predicted molar refractivity (Wildman–Crippen MR) is 108 cm³/mol. The lowest BCUT2D eigenvalue weighted by Crippen LogP contribution is -2.34. The third-order valence-electron chi connectivity index (χ3n) is 4.34. The molecule has 3 amide bonds. The zero-order valence-corrected chi connectivity index (χ0v) is 16.6. The normalized spacial score (nSPS) is 13.1. The number of rotatable bonds is 6. The van der Waals surface area contributed by atoms with Crippen molar-refractivity contribution in [3.63, 3.8) is 0 Å². The Bertz CT molecular complexity index is 865. The zero-order valence-electron chi connectivity index (χ0n) is 15.0. The number of hydrogen-bond donors (Lipinski definition) is 2. The summed E-state index contributed by atoms with van der Waals surface area (Å²) in [5, 5.41) is 3.33. The van der Waals surface area contributed by atoms with Gasteiger partial charge >= 0.3 is 0 Å². The van der Waals surface area contributed by atoms with Crippen LogP contribution in [0.4, 0.5) is 5.00 Å². The lowest BCUT2D eigenvalue weighted by atomic mass is 10.0. The first-order valence-corrected chi connectivity index (χ1v) is 10.4.